The number of nitrogens with zero attached hydrogens (tertiary/aromatic N) is 1. The zero-order valence-electron chi connectivity index (χ0n) is 13.4. The number of nitrogens with two attached hydrogens (primary N) is 1. The number of rotatable bonds is 3. The lowest BCUT2D eigenvalue weighted by molar-refractivity contribution is 0.1000. The van der Waals surface area contributed by atoms with Crippen molar-refractivity contribution in [2.24, 2.45) is 5.73 Å². The zero-order valence-corrected chi connectivity index (χ0v) is 13.4. The standard InChI is InChI=1S/C18H20N2O3/c1-10-16(12-3-6-14-15(9-12)23-8-7-22-14)17(18(19)21)11(2)20(10)13-4-5-13/h3,6,9,13H,4-5,7-8H2,1-2H3,(H2,19,21). The Morgan fingerprint density at radius 1 is 1.13 bits per heavy atom. The minimum atomic E-state index is -0.380. The topological polar surface area (TPSA) is 66.5 Å². The number of benzene rings is 1. The summed E-state index contributed by atoms with van der Waals surface area (Å²) in [4.78, 5) is 12.1. The van der Waals surface area contributed by atoms with Crippen molar-refractivity contribution < 1.29 is 14.3 Å². The molecule has 1 aromatic heterocycles. The van der Waals surface area contributed by atoms with Crippen molar-refractivity contribution in [3.8, 4) is 22.6 Å². The molecule has 5 nitrogen and oxygen atoms in total. The maximum absolute atomic E-state index is 12.1. The van der Waals surface area contributed by atoms with Crippen LogP contribution in [0, 0.1) is 13.8 Å². The molecule has 2 aromatic rings. The van der Waals surface area contributed by atoms with E-state index in [0.717, 1.165) is 46.9 Å². The Morgan fingerprint density at radius 3 is 2.48 bits per heavy atom. The Labute approximate surface area is 135 Å². The molecule has 0 atom stereocenters. The minimum absolute atomic E-state index is 0.380. The first-order chi connectivity index (χ1) is 11.1. The van der Waals surface area contributed by atoms with E-state index < -0.39 is 0 Å². The molecule has 23 heavy (non-hydrogen) atoms. The van der Waals surface area contributed by atoms with Gasteiger partial charge in [-0.05, 0) is 44.4 Å². The quantitative estimate of drug-likeness (QED) is 0.947. The van der Waals surface area contributed by atoms with E-state index in [-0.39, 0.29) is 5.91 Å². The lowest BCUT2D eigenvalue weighted by Crippen LogP contribution is -2.15. The van der Waals surface area contributed by atoms with E-state index in [1.165, 1.54) is 0 Å². The zero-order chi connectivity index (χ0) is 16.1. The van der Waals surface area contributed by atoms with Gasteiger partial charge in [-0.15, -0.1) is 0 Å². The van der Waals surface area contributed by atoms with E-state index in [1.54, 1.807) is 0 Å². The highest BCUT2D eigenvalue weighted by Crippen LogP contribution is 2.44. The number of carbonyl (C=O) groups is 1. The lowest BCUT2D eigenvalue weighted by Gasteiger charge is -2.19. The van der Waals surface area contributed by atoms with Crippen LogP contribution in [-0.4, -0.2) is 23.7 Å². The van der Waals surface area contributed by atoms with E-state index >= 15 is 0 Å². The monoisotopic (exact) mass is 312 g/mol. The van der Waals surface area contributed by atoms with Gasteiger partial charge in [0.2, 0.25) is 0 Å². The van der Waals surface area contributed by atoms with Crippen molar-refractivity contribution in [3.63, 3.8) is 0 Å². The summed E-state index contributed by atoms with van der Waals surface area (Å²) in [6.07, 6.45) is 2.32. The predicted octanol–water partition coefficient (Wildman–Crippen LogP) is 2.98. The van der Waals surface area contributed by atoms with Gasteiger partial charge in [-0.3, -0.25) is 4.79 Å². The second-order valence-corrected chi connectivity index (χ2v) is 6.24. The Bertz CT molecular complexity index is 803. The van der Waals surface area contributed by atoms with Gasteiger partial charge in [-0.25, -0.2) is 0 Å². The molecule has 1 aliphatic carbocycles. The molecule has 2 N–H and O–H groups in total. The van der Waals surface area contributed by atoms with Gasteiger partial charge in [0.1, 0.15) is 13.2 Å². The number of aromatic nitrogens is 1. The Hall–Kier alpha value is -2.43. The van der Waals surface area contributed by atoms with Gasteiger partial charge < -0.3 is 19.8 Å². The molecule has 1 aromatic carbocycles. The summed E-state index contributed by atoms with van der Waals surface area (Å²) in [6, 6.07) is 6.32. The molecule has 120 valence electrons. The van der Waals surface area contributed by atoms with E-state index in [4.69, 9.17) is 15.2 Å². The van der Waals surface area contributed by atoms with Crippen molar-refractivity contribution in [2.75, 3.05) is 13.2 Å². The number of hydrogen-bond donors (Lipinski definition) is 1. The van der Waals surface area contributed by atoms with Gasteiger partial charge in [-0.1, -0.05) is 6.07 Å². The minimum Gasteiger partial charge on any atom is -0.486 e. The number of ether oxygens (including phenoxy) is 2. The van der Waals surface area contributed by atoms with E-state index in [0.29, 0.717) is 24.8 Å². The molecule has 2 heterocycles. The maximum Gasteiger partial charge on any atom is 0.251 e. The maximum atomic E-state index is 12.1. The molecule has 1 fully saturated rings. The third kappa shape index (κ3) is 2.19. The Kier molecular flexibility index (Phi) is 3.11. The second-order valence-electron chi connectivity index (χ2n) is 6.24. The number of carbonyl (C=O) groups excluding carboxylic acids is 1. The molecule has 0 radical (unpaired) electrons. The lowest BCUT2D eigenvalue weighted by atomic mass is 9.99. The second kappa shape index (κ2) is 5.05. The van der Waals surface area contributed by atoms with E-state index in [2.05, 4.69) is 11.5 Å². The fraction of sp³-hybridized carbons (Fsp3) is 0.389. The molecular weight excluding hydrogens is 292 g/mol. The highest BCUT2D eigenvalue weighted by molar-refractivity contribution is 6.02. The Morgan fingerprint density at radius 2 is 1.83 bits per heavy atom. The van der Waals surface area contributed by atoms with Gasteiger partial charge in [0.05, 0.1) is 5.56 Å². The molecule has 0 bridgehead atoms. The third-order valence-corrected chi connectivity index (χ3v) is 4.69. The fourth-order valence-electron chi connectivity index (χ4n) is 3.59. The van der Waals surface area contributed by atoms with Crippen LogP contribution < -0.4 is 15.2 Å². The Balaban J connectivity index is 1.91. The van der Waals surface area contributed by atoms with Crippen molar-refractivity contribution >= 4 is 5.91 Å². The first kappa shape index (κ1) is 14.2. The number of fused-ring (bicyclic) bond motifs is 1. The first-order valence-corrected chi connectivity index (χ1v) is 7.99. The summed E-state index contributed by atoms with van der Waals surface area (Å²) < 4.78 is 13.5. The van der Waals surface area contributed by atoms with Crippen LogP contribution in [0.2, 0.25) is 0 Å². The van der Waals surface area contributed by atoms with Crippen LogP contribution >= 0.6 is 0 Å². The predicted molar refractivity (Wildman–Crippen MR) is 87.1 cm³/mol. The largest absolute Gasteiger partial charge is 0.486 e. The average Bonchev–Trinajstić information content (AvgIpc) is 3.32. The van der Waals surface area contributed by atoms with Crippen LogP contribution in [0.1, 0.15) is 40.6 Å². The van der Waals surface area contributed by atoms with Crippen LogP contribution in [0.5, 0.6) is 11.5 Å². The molecule has 0 spiro atoms. The summed E-state index contributed by atoms with van der Waals surface area (Å²) in [6.45, 7) is 5.14. The number of primary amides is 1. The van der Waals surface area contributed by atoms with Crippen LogP contribution in [-0.2, 0) is 0 Å². The van der Waals surface area contributed by atoms with Gasteiger partial charge >= 0.3 is 0 Å². The van der Waals surface area contributed by atoms with Crippen LogP contribution in [0.3, 0.4) is 0 Å². The molecule has 4 rings (SSSR count). The number of hydrogen-bond acceptors (Lipinski definition) is 3. The van der Waals surface area contributed by atoms with Crippen LogP contribution in [0.4, 0.5) is 0 Å². The molecule has 2 aliphatic rings. The molecule has 1 amide bonds. The third-order valence-electron chi connectivity index (χ3n) is 4.69. The van der Waals surface area contributed by atoms with Crippen molar-refractivity contribution in [1.82, 2.24) is 4.57 Å². The molecule has 1 aliphatic heterocycles. The number of amides is 1. The van der Waals surface area contributed by atoms with Gasteiger partial charge in [-0.2, -0.15) is 0 Å². The van der Waals surface area contributed by atoms with Crippen molar-refractivity contribution in [3.05, 3.63) is 35.2 Å². The normalized spacial score (nSPS) is 16.4. The highest BCUT2D eigenvalue weighted by atomic mass is 16.6. The van der Waals surface area contributed by atoms with Crippen molar-refractivity contribution in [1.29, 1.82) is 0 Å². The molecule has 1 saturated carbocycles. The average molecular weight is 312 g/mol. The molecular formula is C18H20N2O3. The van der Waals surface area contributed by atoms with Gasteiger partial charge in [0, 0.05) is 23.0 Å². The van der Waals surface area contributed by atoms with Crippen molar-refractivity contribution in [2.45, 2.75) is 32.7 Å². The van der Waals surface area contributed by atoms with Crippen LogP contribution in [0.15, 0.2) is 18.2 Å². The van der Waals surface area contributed by atoms with E-state index in [9.17, 15) is 4.79 Å². The van der Waals surface area contributed by atoms with Gasteiger partial charge in [0.15, 0.2) is 11.5 Å². The summed E-state index contributed by atoms with van der Waals surface area (Å²) in [5.74, 6) is 1.09. The first-order valence-electron chi connectivity index (χ1n) is 7.99. The summed E-state index contributed by atoms with van der Waals surface area (Å²) in [7, 11) is 0. The fourth-order valence-corrected chi connectivity index (χ4v) is 3.59. The summed E-state index contributed by atoms with van der Waals surface area (Å²) in [5, 5.41) is 0. The summed E-state index contributed by atoms with van der Waals surface area (Å²) >= 11 is 0. The smallest absolute Gasteiger partial charge is 0.251 e. The van der Waals surface area contributed by atoms with E-state index in [1.807, 2.05) is 25.1 Å². The highest BCUT2D eigenvalue weighted by Gasteiger charge is 2.31. The molecule has 5 heteroatoms. The summed E-state index contributed by atoms with van der Waals surface area (Å²) in [5.41, 5.74) is 10.2. The SMILES string of the molecule is Cc1c(C(N)=O)c(-c2ccc3c(c2)OCCO3)c(C)n1C1CC1. The molecule has 0 unspecified atom stereocenters. The van der Waals surface area contributed by atoms with Crippen LogP contribution in [0.25, 0.3) is 11.1 Å². The molecule has 0 saturated heterocycles. The van der Waals surface area contributed by atoms with Gasteiger partial charge in [0.25, 0.3) is 5.91 Å².